The van der Waals surface area contributed by atoms with Gasteiger partial charge < -0.3 is 9.47 Å². The van der Waals surface area contributed by atoms with Crippen molar-refractivity contribution < 1.29 is 23.0 Å². The molecule has 0 saturated heterocycles. The average molecular weight is 242 g/mol. The number of fused-ring (bicyclic) bond motifs is 1. The Kier molecular flexibility index (Phi) is 2.56. The van der Waals surface area contributed by atoms with E-state index in [0.717, 1.165) is 0 Å². The fraction of sp³-hybridized carbons (Fsp3) is 0.417. The van der Waals surface area contributed by atoms with Crippen LogP contribution in [0.15, 0.2) is 12.1 Å². The molecule has 0 aromatic heterocycles. The van der Waals surface area contributed by atoms with Gasteiger partial charge in [-0.1, -0.05) is 13.8 Å². The minimum Gasteiger partial charge on any atom is -0.395 e. The molecule has 1 heterocycles. The summed E-state index contributed by atoms with van der Waals surface area (Å²) >= 11 is 0. The number of carbonyl (C=O) groups excluding carboxylic acids is 1. The Morgan fingerprint density at radius 3 is 2.47 bits per heavy atom. The van der Waals surface area contributed by atoms with Gasteiger partial charge in [0, 0.05) is 11.1 Å². The first-order valence-corrected chi connectivity index (χ1v) is 5.25. The van der Waals surface area contributed by atoms with Gasteiger partial charge in [0.1, 0.15) is 0 Å². The van der Waals surface area contributed by atoms with Crippen molar-refractivity contribution in [3.8, 4) is 11.5 Å². The highest BCUT2D eigenvalue weighted by Crippen LogP contribution is 2.46. The highest BCUT2D eigenvalue weighted by atomic mass is 19.3. The van der Waals surface area contributed by atoms with Gasteiger partial charge in [-0.2, -0.15) is 0 Å². The van der Waals surface area contributed by atoms with Crippen LogP contribution in [-0.2, 0) is 0 Å². The second-order valence-electron chi connectivity index (χ2n) is 4.27. The highest BCUT2D eigenvalue weighted by Gasteiger charge is 2.45. The van der Waals surface area contributed by atoms with Crippen LogP contribution in [0.1, 0.15) is 42.6 Å². The molecule has 0 spiro atoms. The van der Waals surface area contributed by atoms with Gasteiger partial charge in [-0.3, -0.25) is 4.79 Å². The van der Waals surface area contributed by atoms with Crippen molar-refractivity contribution in [3.05, 3.63) is 23.3 Å². The molecular weight excluding hydrogens is 230 g/mol. The molecule has 0 aliphatic carbocycles. The van der Waals surface area contributed by atoms with Crippen molar-refractivity contribution in [1.29, 1.82) is 0 Å². The molecule has 0 atom stereocenters. The molecule has 2 rings (SSSR count). The number of hydrogen-bond acceptors (Lipinski definition) is 3. The normalized spacial score (nSPS) is 16.4. The Balaban J connectivity index is 2.58. The lowest BCUT2D eigenvalue weighted by molar-refractivity contribution is -0.287. The predicted molar refractivity (Wildman–Crippen MR) is 56.7 cm³/mol. The van der Waals surface area contributed by atoms with E-state index in [0.29, 0.717) is 11.1 Å². The molecule has 1 aromatic rings. The summed E-state index contributed by atoms with van der Waals surface area (Å²) in [5.74, 6) is -0.296. The minimum absolute atomic E-state index is 0.0231. The van der Waals surface area contributed by atoms with Crippen molar-refractivity contribution in [3.63, 3.8) is 0 Å². The van der Waals surface area contributed by atoms with E-state index in [-0.39, 0.29) is 23.2 Å². The number of Topliss-reactive ketones (excluding diaryl/α,β-unsaturated/α-hetero) is 1. The van der Waals surface area contributed by atoms with Crippen LogP contribution >= 0.6 is 0 Å². The van der Waals surface area contributed by atoms with Crippen molar-refractivity contribution >= 4 is 5.78 Å². The topological polar surface area (TPSA) is 35.5 Å². The molecule has 0 N–H and O–H groups in total. The number of halogens is 2. The molecule has 0 unspecified atom stereocenters. The maximum absolute atomic E-state index is 13.0. The molecule has 17 heavy (non-hydrogen) atoms. The summed E-state index contributed by atoms with van der Waals surface area (Å²) in [5, 5.41) is 0. The van der Waals surface area contributed by atoms with Crippen LogP contribution < -0.4 is 9.47 Å². The van der Waals surface area contributed by atoms with Crippen molar-refractivity contribution in [1.82, 2.24) is 0 Å². The Bertz CT molecular complexity index is 481. The molecule has 0 fully saturated rings. The maximum atomic E-state index is 13.0. The van der Waals surface area contributed by atoms with Gasteiger partial charge >= 0.3 is 6.29 Å². The number of hydrogen-bond donors (Lipinski definition) is 0. The summed E-state index contributed by atoms with van der Waals surface area (Å²) < 4.78 is 34.8. The third-order valence-electron chi connectivity index (χ3n) is 2.56. The number of carbonyl (C=O) groups is 1. The molecule has 3 nitrogen and oxygen atoms in total. The van der Waals surface area contributed by atoms with Gasteiger partial charge in [0.25, 0.3) is 0 Å². The van der Waals surface area contributed by atoms with Gasteiger partial charge in [0.15, 0.2) is 17.3 Å². The summed E-state index contributed by atoms with van der Waals surface area (Å²) in [4.78, 5) is 11.3. The zero-order chi connectivity index (χ0) is 12.8. The Morgan fingerprint density at radius 1 is 1.29 bits per heavy atom. The second-order valence-corrected chi connectivity index (χ2v) is 4.27. The van der Waals surface area contributed by atoms with Gasteiger partial charge in [0.2, 0.25) is 0 Å². The number of rotatable bonds is 2. The summed E-state index contributed by atoms with van der Waals surface area (Å²) in [6.07, 6.45) is -3.65. The third-order valence-corrected chi connectivity index (χ3v) is 2.56. The quantitative estimate of drug-likeness (QED) is 0.746. The lowest BCUT2D eigenvalue weighted by Gasteiger charge is -2.10. The number of ketones is 1. The van der Waals surface area contributed by atoms with E-state index in [1.807, 2.05) is 13.8 Å². The van der Waals surface area contributed by atoms with Crippen LogP contribution in [0.2, 0.25) is 0 Å². The molecule has 1 aromatic carbocycles. The van der Waals surface area contributed by atoms with Gasteiger partial charge in [-0.25, -0.2) is 0 Å². The fourth-order valence-corrected chi connectivity index (χ4v) is 1.71. The standard InChI is InChI=1S/C12H12F2O3/c1-6(2)9-4-8(7(3)15)5-10-11(9)17-12(13,14)16-10/h4-6H,1-3H3. The second kappa shape index (κ2) is 3.68. The predicted octanol–water partition coefficient (Wildman–Crippen LogP) is 3.33. The van der Waals surface area contributed by atoms with Gasteiger partial charge in [0.05, 0.1) is 0 Å². The third kappa shape index (κ3) is 2.09. The molecule has 0 radical (unpaired) electrons. The Labute approximate surface area is 97.3 Å². The highest BCUT2D eigenvalue weighted by molar-refractivity contribution is 5.95. The van der Waals surface area contributed by atoms with Crippen LogP contribution in [0.5, 0.6) is 11.5 Å². The van der Waals surface area contributed by atoms with E-state index in [1.165, 1.54) is 13.0 Å². The largest absolute Gasteiger partial charge is 0.586 e. The number of ether oxygens (including phenoxy) is 2. The number of alkyl halides is 2. The van der Waals surface area contributed by atoms with E-state index < -0.39 is 6.29 Å². The lowest BCUT2D eigenvalue weighted by atomic mass is 9.98. The summed E-state index contributed by atoms with van der Waals surface area (Å²) in [6.45, 7) is 5.04. The van der Waals surface area contributed by atoms with Crippen molar-refractivity contribution in [2.75, 3.05) is 0 Å². The van der Waals surface area contributed by atoms with Crippen LogP contribution in [-0.4, -0.2) is 12.1 Å². The lowest BCUT2D eigenvalue weighted by Crippen LogP contribution is -2.26. The van der Waals surface area contributed by atoms with Crippen molar-refractivity contribution in [2.24, 2.45) is 0 Å². The summed E-state index contributed by atoms with van der Waals surface area (Å²) in [6, 6.07) is 2.85. The average Bonchev–Trinajstić information content (AvgIpc) is 2.49. The molecule has 0 saturated carbocycles. The minimum atomic E-state index is -3.65. The first kappa shape index (κ1) is 11.8. The molecular formula is C12H12F2O3. The molecule has 5 heteroatoms. The SMILES string of the molecule is CC(=O)c1cc2c(c(C(C)C)c1)OC(F)(F)O2. The van der Waals surface area contributed by atoms with Crippen LogP contribution in [0.3, 0.4) is 0 Å². The van der Waals surface area contributed by atoms with Crippen LogP contribution in [0.25, 0.3) is 0 Å². The summed E-state index contributed by atoms with van der Waals surface area (Å²) in [7, 11) is 0. The van der Waals surface area contributed by atoms with E-state index in [4.69, 9.17) is 0 Å². The smallest absolute Gasteiger partial charge is 0.395 e. The monoisotopic (exact) mass is 242 g/mol. The Morgan fingerprint density at radius 2 is 1.94 bits per heavy atom. The van der Waals surface area contributed by atoms with E-state index >= 15 is 0 Å². The van der Waals surface area contributed by atoms with Gasteiger partial charge in [-0.15, -0.1) is 8.78 Å². The molecule has 92 valence electrons. The van der Waals surface area contributed by atoms with Crippen LogP contribution in [0, 0.1) is 0 Å². The Hall–Kier alpha value is -1.65. The molecule has 0 bridgehead atoms. The van der Waals surface area contributed by atoms with Crippen LogP contribution in [0.4, 0.5) is 8.78 Å². The zero-order valence-corrected chi connectivity index (χ0v) is 9.71. The number of benzene rings is 1. The first-order chi connectivity index (χ1) is 7.80. The molecule has 1 aliphatic heterocycles. The summed E-state index contributed by atoms with van der Waals surface area (Å²) in [5.41, 5.74) is 0.888. The fourth-order valence-electron chi connectivity index (χ4n) is 1.71. The van der Waals surface area contributed by atoms with E-state index in [1.54, 1.807) is 6.07 Å². The van der Waals surface area contributed by atoms with E-state index in [2.05, 4.69) is 9.47 Å². The van der Waals surface area contributed by atoms with Gasteiger partial charge in [-0.05, 0) is 25.0 Å². The molecule has 1 aliphatic rings. The first-order valence-electron chi connectivity index (χ1n) is 5.25. The molecule has 0 amide bonds. The van der Waals surface area contributed by atoms with E-state index in [9.17, 15) is 13.6 Å². The van der Waals surface area contributed by atoms with Crippen molar-refractivity contribution in [2.45, 2.75) is 33.0 Å². The zero-order valence-electron chi connectivity index (χ0n) is 9.71. The maximum Gasteiger partial charge on any atom is 0.586 e.